The first-order chi connectivity index (χ1) is 16.5. The van der Waals surface area contributed by atoms with Gasteiger partial charge in [0.25, 0.3) is 0 Å². The molecule has 2 aliphatic carbocycles. The van der Waals surface area contributed by atoms with E-state index < -0.39 is 16.2 Å². The maximum atomic E-state index is 13.5. The fourth-order valence-corrected chi connectivity index (χ4v) is 6.77. The predicted octanol–water partition coefficient (Wildman–Crippen LogP) is -0.367. The quantitative estimate of drug-likeness (QED) is 0.489. The Kier molecular flexibility index (Phi) is 8.45. The first kappa shape index (κ1) is 26.4. The van der Waals surface area contributed by atoms with Crippen molar-refractivity contribution in [1.82, 2.24) is 14.5 Å². The van der Waals surface area contributed by atoms with Crippen molar-refractivity contribution >= 4 is 27.6 Å². The fourth-order valence-electron chi connectivity index (χ4n) is 5.41. The second-order valence-corrected chi connectivity index (χ2v) is 10.6. The number of nitrogens with zero attached hydrogens (tertiary/aromatic N) is 3. The number of anilines is 2. The molecule has 2 heterocycles. The number of carbonyl (C=O) groups is 1. The fraction of sp³-hybridized carbons (Fsp3) is 0.565. The molecule has 1 aromatic heterocycles. The summed E-state index contributed by atoms with van der Waals surface area (Å²) in [5.74, 6) is 0. The van der Waals surface area contributed by atoms with Crippen LogP contribution in [0.25, 0.3) is 0 Å². The number of aryl methyl sites for hydroxylation is 2. The summed E-state index contributed by atoms with van der Waals surface area (Å²) < 4.78 is 42.6. The Labute approximate surface area is 229 Å². The van der Waals surface area contributed by atoms with Crippen molar-refractivity contribution in [3.8, 4) is 0 Å². The Morgan fingerprint density at radius 1 is 1.20 bits per heavy atom. The van der Waals surface area contributed by atoms with Gasteiger partial charge in [-0.1, -0.05) is 6.07 Å². The zero-order chi connectivity index (χ0) is 23.7. The van der Waals surface area contributed by atoms with Gasteiger partial charge in [-0.15, -0.1) is 0 Å². The number of urea groups is 1. The Hall–Kier alpha value is -1.63. The summed E-state index contributed by atoms with van der Waals surface area (Å²) in [6, 6.07) is 1.19. The first-order valence-corrected chi connectivity index (χ1v) is 13.3. The summed E-state index contributed by atoms with van der Waals surface area (Å²) in [5, 5.41) is 7.10. The molecule has 3 aliphatic rings. The van der Waals surface area contributed by atoms with E-state index in [4.69, 9.17) is 9.47 Å². The Morgan fingerprint density at radius 3 is 2.49 bits per heavy atom. The Balaban J connectivity index is 0.00000180. The van der Waals surface area contributed by atoms with E-state index in [-0.39, 0.29) is 43.8 Å². The Morgan fingerprint density at radius 2 is 1.86 bits per heavy atom. The molecule has 0 atom stereocenters. The summed E-state index contributed by atoms with van der Waals surface area (Å²) in [5.41, 5.74) is 6.03. The van der Waals surface area contributed by atoms with Crippen LogP contribution in [0, 0.1) is 0 Å². The third-order valence-corrected chi connectivity index (χ3v) is 8.32. The first-order valence-electron chi connectivity index (χ1n) is 11.8. The van der Waals surface area contributed by atoms with E-state index in [2.05, 4.69) is 21.2 Å². The van der Waals surface area contributed by atoms with Crippen LogP contribution < -0.4 is 43.9 Å². The number of ether oxygens (including phenoxy) is 2. The standard InChI is InChI=1S/C23H31N5O5S.Na.H/c1-32-15-27-14-19(13-24-27)28(18-8-10-33-11-9-18)34(30,31)26-23(29)25-22-20-6-2-4-16(20)12-17-5-3-7-21(17)22;;/h12-14,18H,2-11,15H2,1H3,(H2,25,26,29);;/q;+1;-1. The van der Waals surface area contributed by atoms with Gasteiger partial charge in [-0.25, -0.2) is 18.5 Å². The largest absolute Gasteiger partial charge is 1.00 e. The molecule has 0 spiro atoms. The van der Waals surface area contributed by atoms with E-state index in [1.54, 1.807) is 6.20 Å². The van der Waals surface area contributed by atoms with E-state index in [1.807, 2.05) is 0 Å². The van der Waals surface area contributed by atoms with Gasteiger partial charge in [0.15, 0.2) is 0 Å². The van der Waals surface area contributed by atoms with Gasteiger partial charge in [-0.3, -0.25) is 0 Å². The van der Waals surface area contributed by atoms with Gasteiger partial charge in [0, 0.05) is 26.0 Å². The SMILES string of the molecule is COCn1cc(N(C2CCOCC2)S(=O)(=O)NC(=O)Nc2c3c(cc4c2CCC4)CCC3)cn1.[H-].[Na+]. The van der Waals surface area contributed by atoms with E-state index >= 15 is 0 Å². The number of nitrogens with one attached hydrogen (secondary N) is 2. The monoisotopic (exact) mass is 513 g/mol. The number of carbonyl (C=O) groups excluding carboxylic acids is 1. The molecule has 1 fully saturated rings. The van der Waals surface area contributed by atoms with Gasteiger partial charge in [-0.2, -0.15) is 13.5 Å². The number of methoxy groups -OCH3 is 1. The number of amides is 2. The van der Waals surface area contributed by atoms with Gasteiger partial charge in [0.2, 0.25) is 0 Å². The number of benzene rings is 1. The smallest absolute Gasteiger partial charge is 1.00 e. The molecule has 35 heavy (non-hydrogen) atoms. The van der Waals surface area contributed by atoms with Crippen LogP contribution in [-0.4, -0.2) is 50.6 Å². The van der Waals surface area contributed by atoms with Crippen LogP contribution in [-0.2, 0) is 52.1 Å². The third-order valence-electron chi connectivity index (χ3n) is 6.85. The van der Waals surface area contributed by atoms with Crippen molar-refractivity contribution in [3.05, 3.63) is 40.7 Å². The number of rotatable bonds is 7. The van der Waals surface area contributed by atoms with Crippen LogP contribution in [0.15, 0.2) is 18.5 Å². The number of hydrogen-bond donors (Lipinski definition) is 2. The minimum Gasteiger partial charge on any atom is -1.00 e. The molecule has 10 nitrogen and oxygen atoms in total. The minimum atomic E-state index is -4.20. The summed E-state index contributed by atoms with van der Waals surface area (Å²) in [6.45, 7) is 1.11. The molecule has 5 rings (SSSR count). The molecular weight excluding hydrogens is 481 g/mol. The number of hydrogen-bond acceptors (Lipinski definition) is 6. The second kappa shape index (κ2) is 11.2. The maximum absolute atomic E-state index is 13.5. The molecule has 2 aromatic rings. The van der Waals surface area contributed by atoms with Gasteiger partial charge in [0.05, 0.1) is 24.1 Å². The summed E-state index contributed by atoms with van der Waals surface area (Å²) in [4.78, 5) is 13.1. The molecule has 0 saturated carbocycles. The molecule has 1 aromatic carbocycles. The van der Waals surface area contributed by atoms with Crippen molar-refractivity contribution in [3.63, 3.8) is 0 Å². The van der Waals surface area contributed by atoms with Gasteiger partial charge in [0.1, 0.15) is 6.73 Å². The average molecular weight is 514 g/mol. The second-order valence-electron chi connectivity index (χ2n) is 9.09. The van der Waals surface area contributed by atoms with Crippen molar-refractivity contribution in [2.75, 3.05) is 29.9 Å². The van der Waals surface area contributed by atoms with E-state index in [9.17, 15) is 13.2 Å². The maximum Gasteiger partial charge on any atom is 1.00 e. The molecule has 0 unspecified atom stereocenters. The molecule has 12 heteroatoms. The molecule has 2 amide bonds. The molecule has 0 bridgehead atoms. The summed E-state index contributed by atoms with van der Waals surface area (Å²) >= 11 is 0. The van der Waals surface area contributed by atoms with Crippen LogP contribution in [0.2, 0.25) is 0 Å². The number of aromatic nitrogens is 2. The Bertz CT molecular complexity index is 1150. The van der Waals surface area contributed by atoms with Crippen LogP contribution in [0.4, 0.5) is 16.2 Å². The molecule has 0 radical (unpaired) electrons. The van der Waals surface area contributed by atoms with Crippen molar-refractivity contribution in [2.45, 2.75) is 64.1 Å². The number of fused-ring (bicyclic) bond motifs is 2. The summed E-state index contributed by atoms with van der Waals surface area (Å²) in [7, 11) is -2.66. The van der Waals surface area contributed by atoms with Crippen LogP contribution in [0.3, 0.4) is 0 Å². The van der Waals surface area contributed by atoms with Crippen molar-refractivity contribution < 1.29 is 53.7 Å². The van der Waals surface area contributed by atoms with E-state index in [1.165, 1.54) is 33.4 Å². The van der Waals surface area contributed by atoms with Crippen LogP contribution in [0.5, 0.6) is 0 Å². The third kappa shape index (κ3) is 5.55. The van der Waals surface area contributed by atoms with Gasteiger partial charge >= 0.3 is 45.8 Å². The van der Waals surface area contributed by atoms with Gasteiger partial charge in [-0.05, 0) is 73.6 Å². The molecule has 1 aliphatic heterocycles. The topological polar surface area (TPSA) is 115 Å². The van der Waals surface area contributed by atoms with Gasteiger partial charge < -0.3 is 16.2 Å². The minimum absolute atomic E-state index is 0. The zero-order valence-corrected chi connectivity index (χ0v) is 23.2. The van der Waals surface area contributed by atoms with Crippen LogP contribution >= 0.6 is 0 Å². The van der Waals surface area contributed by atoms with E-state index in [0.29, 0.717) is 31.7 Å². The van der Waals surface area contributed by atoms with Crippen molar-refractivity contribution in [2.24, 2.45) is 0 Å². The average Bonchev–Trinajstić information content (AvgIpc) is 3.55. The predicted molar refractivity (Wildman–Crippen MR) is 128 cm³/mol. The van der Waals surface area contributed by atoms with Crippen molar-refractivity contribution in [1.29, 1.82) is 0 Å². The molecule has 186 valence electrons. The van der Waals surface area contributed by atoms with E-state index in [0.717, 1.165) is 55.3 Å². The summed E-state index contributed by atoms with van der Waals surface area (Å²) in [6.07, 6.45) is 10.0. The molecular formula is C23H32N5NaO5S. The molecule has 1 saturated heterocycles. The molecule has 2 N–H and O–H groups in total. The van der Waals surface area contributed by atoms with Crippen LogP contribution in [0.1, 0.15) is 49.4 Å². The zero-order valence-electron chi connectivity index (χ0n) is 21.4. The normalized spacial score (nSPS) is 17.4.